The Morgan fingerprint density at radius 2 is 1.18 bits per heavy atom. The Hall–Kier alpha value is -4.15. The molecule has 2 unspecified atom stereocenters. The molecule has 0 bridgehead atoms. The number of benzene rings is 2. The molecular weight excluding hydrogens is 604 g/mol. The van der Waals surface area contributed by atoms with Crippen LogP contribution in [0.4, 0.5) is 11.4 Å². The molecule has 2 aliphatic rings. The zero-order valence-electron chi connectivity index (χ0n) is 25.0. The number of nitro benzene ring substituents is 2. The van der Waals surface area contributed by atoms with E-state index in [4.69, 9.17) is 0 Å². The molecule has 4 rings (SSSR count). The summed E-state index contributed by atoms with van der Waals surface area (Å²) in [6.07, 6.45) is 5.63. The number of aliphatic hydroxyl groups is 2. The summed E-state index contributed by atoms with van der Waals surface area (Å²) in [4.78, 5) is 55.6. The number of amides is 2. The first-order valence-corrected chi connectivity index (χ1v) is 15.1. The second kappa shape index (κ2) is 15.2. The predicted octanol–water partition coefficient (Wildman–Crippen LogP) is 1.95. The highest BCUT2D eigenvalue weighted by molar-refractivity contribution is 7.99. The van der Waals surface area contributed by atoms with E-state index in [1.54, 1.807) is 21.9 Å². The Bertz CT molecular complexity index is 1390. The lowest BCUT2D eigenvalue weighted by molar-refractivity contribution is -0.388. The average Bonchev–Trinajstić information content (AvgIpc) is 3.03. The number of rotatable bonds is 10. The molecule has 2 fully saturated rings. The van der Waals surface area contributed by atoms with Gasteiger partial charge in [-0.05, 0) is 49.5 Å². The van der Waals surface area contributed by atoms with Crippen LogP contribution in [0.15, 0.2) is 58.3 Å². The van der Waals surface area contributed by atoms with Crippen LogP contribution in [0.5, 0.6) is 0 Å². The van der Waals surface area contributed by atoms with Crippen LogP contribution in [0.3, 0.4) is 0 Å². The highest BCUT2D eigenvalue weighted by Crippen LogP contribution is 2.40. The number of nitro groups is 2. The summed E-state index contributed by atoms with van der Waals surface area (Å²) in [5.74, 6) is -0.543. The molecular formula is C30H36N6O8S. The molecule has 240 valence electrons. The summed E-state index contributed by atoms with van der Waals surface area (Å²) in [5, 5.41) is 42.9. The molecule has 0 radical (unpaired) electrons. The fourth-order valence-corrected chi connectivity index (χ4v) is 6.07. The van der Waals surface area contributed by atoms with Crippen LogP contribution in [0.25, 0.3) is 12.2 Å². The first-order valence-electron chi connectivity index (χ1n) is 14.3. The summed E-state index contributed by atoms with van der Waals surface area (Å²) < 4.78 is 0. The summed E-state index contributed by atoms with van der Waals surface area (Å²) in [6, 6.07) is 8.44. The van der Waals surface area contributed by atoms with Crippen molar-refractivity contribution in [1.82, 2.24) is 19.6 Å². The highest BCUT2D eigenvalue weighted by atomic mass is 32.2. The molecule has 2 aromatic rings. The van der Waals surface area contributed by atoms with Gasteiger partial charge in [0.05, 0.1) is 44.9 Å². The van der Waals surface area contributed by atoms with Gasteiger partial charge < -0.3 is 20.0 Å². The van der Waals surface area contributed by atoms with Crippen molar-refractivity contribution in [3.63, 3.8) is 0 Å². The SMILES string of the molecule is CN1CCN(C(=O)/C=C/c2ccc(Sc3ccc(/C=C/C(=O)N4CCN(C)C(CO)C4)cc3[N+](=O)[O-])c([N+](=O)[O-])c2)CC1CO. The zero-order chi connectivity index (χ0) is 32.7. The topological polar surface area (TPSA) is 174 Å². The number of aliphatic hydroxyl groups excluding tert-OH is 2. The molecule has 2 aliphatic heterocycles. The van der Waals surface area contributed by atoms with E-state index in [1.165, 1.54) is 48.6 Å². The van der Waals surface area contributed by atoms with Crippen molar-refractivity contribution in [2.45, 2.75) is 21.9 Å². The van der Waals surface area contributed by atoms with Crippen LogP contribution in [0.1, 0.15) is 11.1 Å². The maximum atomic E-state index is 12.7. The lowest BCUT2D eigenvalue weighted by atomic mass is 10.1. The standard InChI is InChI=1S/C30H36N6O8S/c1-31-11-13-33(17-23(31)19-37)29(39)9-5-21-3-7-27(25(15-21)35(41)42)45-28-8-4-22(16-26(28)36(43)44)6-10-30(40)34-14-12-32(2)24(18-34)20-38/h3-10,15-16,23-24,37-38H,11-14,17-20H2,1-2H3/b9-5+,10-6+. The predicted molar refractivity (Wildman–Crippen MR) is 169 cm³/mol. The maximum Gasteiger partial charge on any atom is 0.283 e. The second-order valence-electron chi connectivity index (χ2n) is 10.9. The van der Waals surface area contributed by atoms with Gasteiger partial charge in [-0.1, -0.05) is 23.9 Å². The van der Waals surface area contributed by atoms with Crippen LogP contribution in [-0.2, 0) is 9.59 Å². The number of nitrogens with zero attached hydrogens (tertiary/aromatic N) is 6. The highest BCUT2D eigenvalue weighted by Gasteiger charge is 2.27. The Morgan fingerprint density at radius 3 is 1.53 bits per heavy atom. The largest absolute Gasteiger partial charge is 0.395 e. The van der Waals surface area contributed by atoms with E-state index in [1.807, 2.05) is 23.9 Å². The van der Waals surface area contributed by atoms with Crippen molar-refractivity contribution in [2.24, 2.45) is 0 Å². The fourth-order valence-electron chi connectivity index (χ4n) is 5.09. The first-order chi connectivity index (χ1) is 21.5. The van der Waals surface area contributed by atoms with Crippen LogP contribution < -0.4 is 0 Å². The minimum Gasteiger partial charge on any atom is -0.395 e. The van der Waals surface area contributed by atoms with Gasteiger partial charge in [0.2, 0.25) is 11.8 Å². The molecule has 45 heavy (non-hydrogen) atoms. The van der Waals surface area contributed by atoms with E-state index in [2.05, 4.69) is 0 Å². The molecule has 14 nitrogen and oxygen atoms in total. The number of piperazine rings is 2. The van der Waals surface area contributed by atoms with E-state index < -0.39 is 9.85 Å². The van der Waals surface area contributed by atoms with Crippen LogP contribution >= 0.6 is 11.8 Å². The van der Waals surface area contributed by atoms with Gasteiger partial charge in [-0.15, -0.1) is 0 Å². The lowest BCUT2D eigenvalue weighted by Gasteiger charge is -2.38. The van der Waals surface area contributed by atoms with Gasteiger partial charge in [-0.25, -0.2) is 0 Å². The minimum atomic E-state index is -0.581. The molecule has 2 heterocycles. The number of likely N-dealkylation sites (N-methyl/N-ethyl adjacent to an activating group) is 2. The average molecular weight is 641 g/mol. The molecule has 15 heteroatoms. The van der Waals surface area contributed by atoms with Crippen LogP contribution in [-0.4, -0.2) is 130 Å². The first kappa shape index (κ1) is 33.7. The van der Waals surface area contributed by atoms with Crippen molar-refractivity contribution in [3.05, 3.63) is 79.9 Å². The Kier molecular flexibility index (Phi) is 11.4. The van der Waals surface area contributed by atoms with Crippen molar-refractivity contribution in [2.75, 3.05) is 66.6 Å². The summed E-state index contributed by atoms with van der Waals surface area (Å²) in [7, 11) is 3.76. The van der Waals surface area contributed by atoms with Crippen molar-refractivity contribution in [3.8, 4) is 0 Å². The summed E-state index contributed by atoms with van der Waals surface area (Å²) >= 11 is 0.876. The van der Waals surface area contributed by atoms with Crippen molar-refractivity contribution in [1.29, 1.82) is 0 Å². The maximum absolute atomic E-state index is 12.7. The molecule has 2 aromatic carbocycles. The molecule has 2 saturated heterocycles. The Balaban J connectivity index is 1.48. The summed E-state index contributed by atoms with van der Waals surface area (Å²) in [5.41, 5.74) is 0.286. The van der Waals surface area contributed by atoms with Crippen molar-refractivity contribution >= 4 is 47.1 Å². The van der Waals surface area contributed by atoms with E-state index in [0.29, 0.717) is 50.4 Å². The Labute approximate surface area is 264 Å². The summed E-state index contributed by atoms with van der Waals surface area (Å²) in [6.45, 7) is 2.83. The number of carbonyl (C=O) groups excluding carboxylic acids is 2. The molecule has 0 aromatic heterocycles. The van der Waals surface area contributed by atoms with E-state index in [0.717, 1.165) is 11.8 Å². The van der Waals surface area contributed by atoms with Gasteiger partial charge in [-0.3, -0.25) is 39.6 Å². The van der Waals surface area contributed by atoms with E-state index in [9.17, 15) is 40.0 Å². The quantitative estimate of drug-likeness (QED) is 0.221. The molecule has 2 amide bonds. The van der Waals surface area contributed by atoms with Gasteiger partial charge in [0.1, 0.15) is 0 Å². The van der Waals surface area contributed by atoms with E-state index in [-0.39, 0.29) is 58.3 Å². The van der Waals surface area contributed by atoms with Gasteiger partial charge in [0.25, 0.3) is 11.4 Å². The molecule has 0 spiro atoms. The molecule has 0 aliphatic carbocycles. The molecule has 2 N–H and O–H groups in total. The van der Waals surface area contributed by atoms with Gasteiger partial charge in [0.15, 0.2) is 0 Å². The number of carbonyl (C=O) groups is 2. The fraction of sp³-hybridized carbons (Fsp3) is 0.400. The van der Waals surface area contributed by atoms with Gasteiger partial charge in [-0.2, -0.15) is 0 Å². The molecule has 2 atom stereocenters. The normalized spacial score (nSPS) is 19.8. The van der Waals surface area contributed by atoms with Gasteiger partial charge in [0, 0.05) is 63.6 Å². The van der Waals surface area contributed by atoms with Crippen molar-refractivity contribution < 1.29 is 29.6 Å². The second-order valence-corrected chi connectivity index (χ2v) is 12.0. The lowest BCUT2D eigenvalue weighted by Crippen LogP contribution is -2.54. The van der Waals surface area contributed by atoms with Gasteiger partial charge >= 0.3 is 0 Å². The van der Waals surface area contributed by atoms with Crippen LogP contribution in [0, 0.1) is 20.2 Å². The third kappa shape index (κ3) is 8.52. The van der Waals surface area contributed by atoms with E-state index >= 15 is 0 Å². The smallest absolute Gasteiger partial charge is 0.283 e. The Morgan fingerprint density at radius 1 is 0.778 bits per heavy atom. The third-order valence-electron chi connectivity index (χ3n) is 8.02. The number of hydrogen-bond acceptors (Lipinski definition) is 11. The third-order valence-corrected chi connectivity index (χ3v) is 9.15. The zero-order valence-corrected chi connectivity index (χ0v) is 25.8. The number of hydrogen-bond donors (Lipinski definition) is 2. The monoisotopic (exact) mass is 640 g/mol. The minimum absolute atomic E-state index is 0.0734. The van der Waals surface area contributed by atoms with Crippen LogP contribution in [0.2, 0.25) is 0 Å². The molecule has 0 saturated carbocycles.